The number of nitrogens with zero attached hydrogens (tertiary/aromatic N) is 1. The van der Waals surface area contributed by atoms with Crippen LogP contribution in [0.25, 0.3) is 0 Å². The van der Waals surface area contributed by atoms with Crippen LogP contribution >= 0.6 is 24.0 Å². The highest BCUT2D eigenvalue weighted by Crippen LogP contribution is 2.16. The molecule has 2 aromatic carbocycles. The van der Waals surface area contributed by atoms with Gasteiger partial charge in [-0.05, 0) is 41.8 Å². The first kappa shape index (κ1) is 20.1. The van der Waals surface area contributed by atoms with Gasteiger partial charge in [0.25, 0.3) is 0 Å². The standard InChI is InChI=1S/C17H19F2N3O.HI/c1-2-12-5-3-7-14(9-12)22-17(20)21-11-13-6-4-8-15(10-13)23-16(18)19;/h3-10,16H,2,11H2,1H3,(H3,20,21,22);1H. The van der Waals surface area contributed by atoms with E-state index in [1.165, 1.54) is 17.7 Å². The van der Waals surface area contributed by atoms with E-state index in [0.29, 0.717) is 0 Å². The lowest BCUT2D eigenvalue weighted by atomic mass is 10.1. The number of rotatable bonds is 6. The lowest BCUT2D eigenvalue weighted by molar-refractivity contribution is -0.0498. The largest absolute Gasteiger partial charge is 0.435 e. The molecule has 0 radical (unpaired) electrons. The Morgan fingerprint density at radius 1 is 1.17 bits per heavy atom. The van der Waals surface area contributed by atoms with Crippen molar-refractivity contribution in [2.24, 2.45) is 10.7 Å². The van der Waals surface area contributed by atoms with Gasteiger partial charge in [-0.3, -0.25) is 0 Å². The molecule has 0 heterocycles. The first-order valence-corrected chi connectivity index (χ1v) is 7.26. The molecule has 0 amide bonds. The summed E-state index contributed by atoms with van der Waals surface area (Å²) in [6.45, 7) is -0.496. The molecule has 0 saturated heterocycles. The number of ether oxygens (including phenoxy) is 1. The van der Waals surface area contributed by atoms with Crippen molar-refractivity contribution in [3.05, 3.63) is 59.7 Å². The van der Waals surface area contributed by atoms with E-state index in [-0.39, 0.29) is 42.2 Å². The minimum atomic E-state index is -2.84. The van der Waals surface area contributed by atoms with Crippen molar-refractivity contribution in [1.82, 2.24) is 0 Å². The Bertz CT molecular complexity index is 680. The molecule has 130 valence electrons. The van der Waals surface area contributed by atoms with Crippen molar-refractivity contribution >= 4 is 35.6 Å². The molecule has 0 aromatic heterocycles. The van der Waals surface area contributed by atoms with Gasteiger partial charge in [-0.15, -0.1) is 24.0 Å². The van der Waals surface area contributed by atoms with Crippen molar-refractivity contribution < 1.29 is 13.5 Å². The molecule has 0 aliphatic rings. The number of halogens is 3. The second-order valence-electron chi connectivity index (χ2n) is 4.91. The van der Waals surface area contributed by atoms with Crippen molar-refractivity contribution in [3.8, 4) is 5.75 Å². The number of hydrogen-bond acceptors (Lipinski definition) is 2. The van der Waals surface area contributed by atoms with Crippen LogP contribution in [0.3, 0.4) is 0 Å². The number of guanidine groups is 1. The molecule has 0 fully saturated rings. The molecule has 24 heavy (non-hydrogen) atoms. The predicted octanol–water partition coefficient (Wildman–Crippen LogP) is 4.40. The molecule has 4 nitrogen and oxygen atoms in total. The number of nitrogens with one attached hydrogen (secondary N) is 1. The number of anilines is 1. The molecular weight excluding hydrogens is 427 g/mol. The summed E-state index contributed by atoms with van der Waals surface area (Å²) in [5.74, 6) is 0.369. The van der Waals surface area contributed by atoms with E-state index in [2.05, 4.69) is 22.0 Å². The Kier molecular flexibility index (Phi) is 8.45. The van der Waals surface area contributed by atoms with E-state index in [1.807, 2.05) is 24.3 Å². The molecule has 2 aromatic rings. The summed E-state index contributed by atoms with van der Waals surface area (Å²) >= 11 is 0. The quantitative estimate of drug-likeness (QED) is 0.392. The van der Waals surface area contributed by atoms with Crippen LogP contribution in [-0.4, -0.2) is 12.6 Å². The zero-order valence-electron chi connectivity index (χ0n) is 13.2. The predicted molar refractivity (Wildman–Crippen MR) is 103 cm³/mol. The zero-order valence-corrected chi connectivity index (χ0v) is 15.5. The maximum absolute atomic E-state index is 12.2. The van der Waals surface area contributed by atoms with Crippen LogP contribution in [0.2, 0.25) is 0 Å². The maximum Gasteiger partial charge on any atom is 0.387 e. The van der Waals surface area contributed by atoms with Crippen molar-refractivity contribution in [2.75, 3.05) is 5.32 Å². The fourth-order valence-electron chi connectivity index (χ4n) is 2.05. The average Bonchev–Trinajstić information content (AvgIpc) is 2.53. The molecule has 0 saturated carbocycles. The summed E-state index contributed by atoms with van der Waals surface area (Å²) in [5.41, 5.74) is 8.64. The highest BCUT2D eigenvalue weighted by Gasteiger charge is 2.04. The molecule has 0 spiro atoms. The second kappa shape index (κ2) is 10.1. The summed E-state index contributed by atoms with van der Waals surface area (Å²) in [6.07, 6.45) is 0.934. The molecule has 0 unspecified atom stereocenters. The summed E-state index contributed by atoms with van der Waals surface area (Å²) in [7, 11) is 0. The van der Waals surface area contributed by atoms with Crippen LogP contribution in [-0.2, 0) is 13.0 Å². The van der Waals surface area contributed by atoms with Crippen molar-refractivity contribution in [1.29, 1.82) is 0 Å². The molecule has 3 N–H and O–H groups in total. The van der Waals surface area contributed by atoms with Gasteiger partial charge in [0, 0.05) is 5.69 Å². The fourth-order valence-corrected chi connectivity index (χ4v) is 2.05. The third kappa shape index (κ3) is 6.69. The van der Waals surface area contributed by atoms with Gasteiger partial charge < -0.3 is 15.8 Å². The fraction of sp³-hybridized carbons (Fsp3) is 0.235. The van der Waals surface area contributed by atoms with Crippen molar-refractivity contribution in [3.63, 3.8) is 0 Å². The summed E-state index contributed by atoms with van der Waals surface area (Å²) in [6, 6.07) is 14.3. The Hall–Kier alpha value is -1.90. The Labute approximate surface area is 157 Å². The van der Waals surface area contributed by atoms with Gasteiger partial charge in [0.1, 0.15) is 5.75 Å². The molecule has 7 heteroatoms. The van der Waals surface area contributed by atoms with Crippen LogP contribution in [0.5, 0.6) is 5.75 Å². The van der Waals surface area contributed by atoms with E-state index in [0.717, 1.165) is 17.7 Å². The Balaban J connectivity index is 0.00000288. The lowest BCUT2D eigenvalue weighted by Gasteiger charge is -2.08. The molecule has 0 atom stereocenters. The number of aliphatic imine (C=N–C) groups is 1. The first-order chi connectivity index (χ1) is 11.1. The van der Waals surface area contributed by atoms with E-state index < -0.39 is 6.61 Å². The third-order valence-corrected chi connectivity index (χ3v) is 3.16. The van der Waals surface area contributed by atoms with Gasteiger partial charge in [-0.25, -0.2) is 4.99 Å². The van der Waals surface area contributed by atoms with Crippen LogP contribution in [0, 0.1) is 0 Å². The Morgan fingerprint density at radius 2 is 1.88 bits per heavy atom. The van der Waals surface area contributed by atoms with Gasteiger partial charge in [0.15, 0.2) is 5.96 Å². The summed E-state index contributed by atoms with van der Waals surface area (Å²) in [4.78, 5) is 4.21. The van der Waals surface area contributed by atoms with Crippen molar-refractivity contribution in [2.45, 2.75) is 26.5 Å². The minimum absolute atomic E-state index is 0. The van der Waals surface area contributed by atoms with Gasteiger partial charge >= 0.3 is 6.61 Å². The normalized spacial score (nSPS) is 11.1. The monoisotopic (exact) mass is 447 g/mol. The first-order valence-electron chi connectivity index (χ1n) is 7.26. The minimum Gasteiger partial charge on any atom is -0.435 e. The van der Waals surface area contributed by atoms with E-state index in [9.17, 15) is 8.78 Å². The number of alkyl halides is 2. The maximum atomic E-state index is 12.2. The lowest BCUT2D eigenvalue weighted by Crippen LogP contribution is -2.22. The van der Waals surface area contributed by atoms with Gasteiger partial charge in [-0.1, -0.05) is 31.2 Å². The van der Waals surface area contributed by atoms with Crippen LogP contribution in [0.1, 0.15) is 18.1 Å². The number of aryl methyl sites for hydroxylation is 1. The average molecular weight is 447 g/mol. The second-order valence-corrected chi connectivity index (χ2v) is 4.91. The number of hydrogen-bond donors (Lipinski definition) is 2. The smallest absolute Gasteiger partial charge is 0.387 e. The van der Waals surface area contributed by atoms with E-state index in [4.69, 9.17) is 5.73 Å². The highest BCUT2D eigenvalue weighted by atomic mass is 127. The SMILES string of the molecule is CCc1cccc(NC(N)=NCc2cccc(OC(F)F)c2)c1.I. The van der Waals surface area contributed by atoms with Gasteiger partial charge in [0.05, 0.1) is 6.54 Å². The molecular formula is C17H20F2IN3O. The van der Waals surface area contributed by atoms with Gasteiger partial charge in [-0.2, -0.15) is 8.78 Å². The van der Waals surface area contributed by atoms with Crippen LogP contribution in [0.15, 0.2) is 53.5 Å². The molecule has 2 rings (SSSR count). The topological polar surface area (TPSA) is 59.6 Å². The number of nitrogens with two attached hydrogens (primary N) is 1. The van der Waals surface area contributed by atoms with E-state index in [1.54, 1.807) is 12.1 Å². The number of benzene rings is 2. The third-order valence-electron chi connectivity index (χ3n) is 3.16. The van der Waals surface area contributed by atoms with Crippen LogP contribution < -0.4 is 15.8 Å². The van der Waals surface area contributed by atoms with E-state index >= 15 is 0 Å². The molecule has 0 aliphatic heterocycles. The zero-order chi connectivity index (χ0) is 16.7. The molecule has 0 bridgehead atoms. The summed E-state index contributed by atoms with van der Waals surface area (Å²) < 4.78 is 28.7. The highest BCUT2D eigenvalue weighted by molar-refractivity contribution is 14.0. The Morgan fingerprint density at radius 3 is 2.58 bits per heavy atom. The summed E-state index contributed by atoms with van der Waals surface area (Å²) in [5, 5.41) is 3.01. The van der Waals surface area contributed by atoms with Crippen LogP contribution in [0.4, 0.5) is 14.5 Å². The molecule has 0 aliphatic carbocycles. The van der Waals surface area contributed by atoms with Gasteiger partial charge in [0.2, 0.25) is 0 Å².